The number of benzene rings is 2. The van der Waals surface area contributed by atoms with Gasteiger partial charge in [0.25, 0.3) is 0 Å². The van der Waals surface area contributed by atoms with Crippen molar-refractivity contribution in [3.8, 4) is 6.07 Å². The molecular weight excluding hydrogens is 352 g/mol. The van der Waals surface area contributed by atoms with Gasteiger partial charge in [0.1, 0.15) is 5.82 Å². The van der Waals surface area contributed by atoms with Crippen molar-refractivity contribution in [1.82, 2.24) is 20.2 Å². The number of aromatic nitrogens is 2. The molecule has 7 nitrogen and oxygen atoms in total. The number of hydrogen-bond donors (Lipinski definition) is 3. The summed E-state index contributed by atoms with van der Waals surface area (Å²) in [4.78, 5) is 22.8. The highest BCUT2D eigenvalue weighted by Gasteiger charge is 2.30. The number of anilines is 1. The van der Waals surface area contributed by atoms with Gasteiger partial charge in [-0.2, -0.15) is 5.26 Å². The Morgan fingerprint density at radius 2 is 2.04 bits per heavy atom. The molecule has 2 heterocycles. The first-order valence-electron chi connectivity index (χ1n) is 9.35. The molecule has 0 aliphatic carbocycles. The van der Waals surface area contributed by atoms with Gasteiger partial charge in [-0.05, 0) is 56.3 Å². The maximum atomic E-state index is 12.4. The molecule has 2 atom stereocenters. The molecule has 28 heavy (non-hydrogen) atoms. The average Bonchev–Trinajstić information content (AvgIpc) is 3.14. The van der Waals surface area contributed by atoms with Crippen LogP contribution in [-0.2, 0) is 0 Å². The second-order valence-corrected chi connectivity index (χ2v) is 7.14. The summed E-state index contributed by atoms with van der Waals surface area (Å²) < 4.78 is 0. The number of piperidine rings is 1. The number of aromatic amines is 1. The van der Waals surface area contributed by atoms with Crippen molar-refractivity contribution in [3.05, 3.63) is 59.9 Å². The second kappa shape index (κ2) is 7.71. The Kier molecular flexibility index (Phi) is 4.96. The number of nitriles is 1. The lowest BCUT2D eigenvalue weighted by Crippen LogP contribution is -2.46. The maximum absolute atomic E-state index is 12.4. The van der Waals surface area contributed by atoms with Gasteiger partial charge in [0.2, 0.25) is 0 Å². The van der Waals surface area contributed by atoms with Gasteiger partial charge in [0.05, 0.1) is 28.7 Å². The van der Waals surface area contributed by atoms with Crippen molar-refractivity contribution < 1.29 is 4.79 Å². The first-order valence-corrected chi connectivity index (χ1v) is 9.35. The quantitative estimate of drug-likeness (QED) is 0.655. The summed E-state index contributed by atoms with van der Waals surface area (Å²) in [7, 11) is 2.09. The number of carbonyl (C=O) groups is 1. The van der Waals surface area contributed by atoms with Crippen LogP contribution >= 0.6 is 0 Å². The van der Waals surface area contributed by atoms with E-state index in [1.807, 2.05) is 24.3 Å². The van der Waals surface area contributed by atoms with Crippen LogP contribution in [0.25, 0.3) is 11.0 Å². The minimum absolute atomic E-state index is 0.0628. The second-order valence-electron chi connectivity index (χ2n) is 7.14. The van der Waals surface area contributed by atoms with E-state index in [4.69, 9.17) is 10.2 Å². The third-order valence-corrected chi connectivity index (χ3v) is 5.20. The van der Waals surface area contributed by atoms with Gasteiger partial charge < -0.3 is 15.6 Å². The van der Waals surface area contributed by atoms with Crippen LogP contribution in [0, 0.1) is 11.3 Å². The smallest absolute Gasteiger partial charge is 0.319 e. The molecule has 142 valence electrons. The molecule has 0 saturated carbocycles. The van der Waals surface area contributed by atoms with Crippen molar-refractivity contribution >= 4 is 22.8 Å². The van der Waals surface area contributed by atoms with Gasteiger partial charge in [-0.15, -0.1) is 0 Å². The fourth-order valence-corrected chi connectivity index (χ4v) is 3.65. The Hall–Kier alpha value is -3.37. The summed E-state index contributed by atoms with van der Waals surface area (Å²) in [5, 5.41) is 14.7. The standard InChI is InChI=1S/C21H22N6O/c1-27-11-10-16(24-21(28)23-15-8-6-14(13-22)7-9-15)12-19(27)20-25-17-4-2-3-5-18(17)26-20/h2-9,16,19H,10-12H2,1H3,(H,25,26)(H2,23,24,28)/t16-,19+/m0/s1. The van der Waals surface area contributed by atoms with Crippen LogP contribution in [-0.4, -0.2) is 40.5 Å². The van der Waals surface area contributed by atoms with Crippen LogP contribution in [0.3, 0.4) is 0 Å². The van der Waals surface area contributed by atoms with E-state index < -0.39 is 0 Å². The largest absolute Gasteiger partial charge is 0.341 e. The Morgan fingerprint density at radius 3 is 2.79 bits per heavy atom. The van der Waals surface area contributed by atoms with Gasteiger partial charge in [0, 0.05) is 18.3 Å². The van der Waals surface area contributed by atoms with E-state index in [1.54, 1.807) is 24.3 Å². The normalized spacial score (nSPS) is 19.9. The van der Waals surface area contributed by atoms with E-state index in [1.165, 1.54) is 0 Å². The number of rotatable bonds is 3. The lowest BCUT2D eigenvalue weighted by molar-refractivity contribution is 0.153. The van der Waals surface area contributed by atoms with Gasteiger partial charge in [0.15, 0.2) is 0 Å². The number of urea groups is 1. The molecular formula is C21H22N6O. The van der Waals surface area contributed by atoms with E-state index in [9.17, 15) is 4.79 Å². The molecule has 0 bridgehead atoms. The summed E-state index contributed by atoms with van der Waals surface area (Å²) >= 11 is 0. The number of H-pyrrole nitrogens is 1. The summed E-state index contributed by atoms with van der Waals surface area (Å²) in [6.45, 7) is 0.878. The summed E-state index contributed by atoms with van der Waals surface area (Å²) in [5.41, 5.74) is 3.22. The summed E-state index contributed by atoms with van der Waals surface area (Å²) in [6, 6.07) is 16.8. The molecule has 2 aromatic carbocycles. The lowest BCUT2D eigenvalue weighted by atomic mass is 9.97. The predicted octanol–water partition coefficient (Wildman–Crippen LogP) is 3.39. The molecule has 0 spiro atoms. The lowest BCUT2D eigenvalue weighted by Gasteiger charge is -2.36. The monoisotopic (exact) mass is 374 g/mol. The Balaban J connectivity index is 1.41. The van der Waals surface area contributed by atoms with Crippen LogP contribution in [0.1, 0.15) is 30.3 Å². The zero-order valence-electron chi connectivity index (χ0n) is 15.6. The number of nitrogens with one attached hydrogen (secondary N) is 3. The SMILES string of the molecule is CN1CC[C@H](NC(=O)Nc2ccc(C#N)cc2)C[C@@H]1c1nc2ccccc2[nH]1. The van der Waals surface area contributed by atoms with Gasteiger partial charge in [-0.1, -0.05) is 12.1 Å². The third kappa shape index (κ3) is 3.82. The minimum atomic E-state index is -0.234. The minimum Gasteiger partial charge on any atom is -0.341 e. The van der Waals surface area contributed by atoms with Crippen LogP contribution in [0.4, 0.5) is 10.5 Å². The zero-order chi connectivity index (χ0) is 19.5. The number of carbonyl (C=O) groups excluding carboxylic acids is 1. The molecule has 1 aliphatic rings. The van der Waals surface area contributed by atoms with Crippen molar-refractivity contribution in [2.45, 2.75) is 24.9 Å². The number of fused-ring (bicyclic) bond motifs is 1. The van der Waals surface area contributed by atoms with Crippen molar-refractivity contribution in [1.29, 1.82) is 5.26 Å². The maximum Gasteiger partial charge on any atom is 0.319 e. The molecule has 3 aromatic rings. The highest BCUT2D eigenvalue weighted by molar-refractivity contribution is 5.89. The first kappa shape index (κ1) is 18.0. The van der Waals surface area contributed by atoms with Crippen LogP contribution < -0.4 is 10.6 Å². The Labute approximate surface area is 163 Å². The van der Waals surface area contributed by atoms with E-state index in [0.717, 1.165) is 36.2 Å². The molecule has 0 radical (unpaired) electrons. The molecule has 1 saturated heterocycles. The first-order chi connectivity index (χ1) is 13.6. The molecule has 4 rings (SSSR count). The van der Waals surface area contributed by atoms with Gasteiger partial charge in [-0.25, -0.2) is 9.78 Å². The molecule has 2 amide bonds. The molecule has 7 heteroatoms. The van der Waals surface area contributed by atoms with Gasteiger partial charge >= 0.3 is 6.03 Å². The molecule has 0 unspecified atom stereocenters. The molecule has 1 aliphatic heterocycles. The number of likely N-dealkylation sites (tertiary alicyclic amines) is 1. The number of amides is 2. The summed E-state index contributed by atoms with van der Waals surface area (Å²) in [6.07, 6.45) is 1.67. The Bertz CT molecular complexity index is 986. The van der Waals surface area contributed by atoms with Crippen molar-refractivity contribution in [3.63, 3.8) is 0 Å². The van der Waals surface area contributed by atoms with E-state index in [0.29, 0.717) is 11.3 Å². The molecule has 3 N–H and O–H groups in total. The van der Waals surface area contributed by atoms with Crippen LogP contribution in [0.2, 0.25) is 0 Å². The van der Waals surface area contributed by atoms with Crippen molar-refractivity contribution in [2.75, 3.05) is 18.9 Å². The predicted molar refractivity (Wildman–Crippen MR) is 108 cm³/mol. The number of nitrogens with zero attached hydrogens (tertiary/aromatic N) is 3. The van der Waals surface area contributed by atoms with E-state index >= 15 is 0 Å². The van der Waals surface area contributed by atoms with Crippen LogP contribution in [0.15, 0.2) is 48.5 Å². The van der Waals surface area contributed by atoms with Crippen molar-refractivity contribution in [2.24, 2.45) is 0 Å². The highest BCUT2D eigenvalue weighted by atomic mass is 16.2. The highest BCUT2D eigenvalue weighted by Crippen LogP contribution is 2.29. The Morgan fingerprint density at radius 1 is 1.25 bits per heavy atom. The third-order valence-electron chi connectivity index (χ3n) is 5.20. The number of hydrogen-bond acceptors (Lipinski definition) is 4. The topological polar surface area (TPSA) is 96.8 Å². The zero-order valence-corrected chi connectivity index (χ0v) is 15.6. The summed E-state index contributed by atoms with van der Waals surface area (Å²) in [5.74, 6) is 0.933. The fourth-order valence-electron chi connectivity index (χ4n) is 3.65. The number of para-hydroxylation sites is 2. The number of imidazole rings is 1. The fraction of sp³-hybridized carbons (Fsp3) is 0.286. The van der Waals surface area contributed by atoms with E-state index in [2.05, 4.69) is 33.6 Å². The van der Waals surface area contributed by atoms with E-state index in [-0.39, 0.29) is 18.1 Å². The average molecular weight is 374 g/mol. The molecule has 1 fully saturated rings. The van der Waals surface area contributed by atoms with Crippen LogP contribution in [0.5, 0.6) is 0 Å². The molecule has 1 aromatic heterocycles. The van der Waals surface area contributed by atoms with Gasteiger partial charge in [-0.3, -0.25) is 4.90 Å².